The summed E-state index contributed by atoms with van der Waals surface area (Å²) in [4.78, 5) is 12.7. The molecular formula is C13H9F2NO2. The molecule has 0 bridgehead atoms. The number of halogens is 2. The number of nitrogens with zero attached hydrogens (tertiary/aromatic N) is 1. The van der Waals surface area contributed by atoms with E-state index in [2.05, 4.69) is 4.74 Å². The predicted molar refractivity (Wildman–Crippen MR) is 59.9 cm³/mol. The Bertz CT molecular complexity index is 549. The molecule has 3 nitrogen and oxygen atoms in total. The van der Waals surface area contributed by atoms with Gasteiger partial charge in [-0.1, -0.05) is 18.2 Å². The van der Waals surface area contributed by atoms with E-state index in [0.29, 0.717) is 5.70 Å². The van der Waals surface area contributed by atoms with E-state index in [1.54, 1.807) is 23.2 Å². The van der Waals surface area contributed by atoms with Crippen molar-refractivity contribution in [2.45, 2.75) is 12.5 Å². The maximum atomic E-state index is 12.0. The van der Waals surface area contributed by atoms with E-state index >= 15 is 0 Å². The lowest BCUT2D eigenvalue weighted by Crippen LogP contribution is -2.02. The van der Waals surface area contributed by atoms with Gasteiger partial charge in [0.25, 0.3) is 5.91 Å². The highest BCUT2D eigenvalue weighted by Crippen LogP contribution is 2.35. The highest BCUT2D eigenvalue weighted by atomic mass is 19.3. The molecule has 0 radical (unpaired) electrons. The molecule has 2 aliphatic heterocycles. The summed E-state index contributed by atoms with van der Waals surface area (Å²) in [6.07, 6.45) is 5.47. The standard InChI is InChI=1S/C13H9F2NO2/c14-13(15)18-10-3-1-8(2-4-10)9-5-6-16-11(7-9)12(16)17/h1-7,9,13H. The summed E-state index contributed by atoms with van der Waals surface area (Å²) in [6.45, 7) is -2.81. The molecule has 1 saturated heterocycles. The third-order valence-corrected chi connectivity index (χ3v) is 2.92. The van der Waals surface area contributed by atoms with E-state index in [1.165, 1.54) is 12.1 Å². The van der Waals surface area contributed by atoms with Crippen LogP contribution in [0.1, 0.15) is 11.5 Å². The van der Waals surface area contributed by atoms with Crippen LogP contribution in [-0.2, 0) is 4.79 Å². The molecule has 1 aromatic rings. The fraction of sp³-hybridized carbons (Fsp3) is 0.154. The molecule has 92 valence electrons. The van der Waals surface area contributed by atoms with Gasteiger partial charge in [-0.2, -0.15) is 8.78 Å². The lowest BCUT2D eigenvalue weighted by atomic mass is 9.97. The normalized spacial score (nSPS) is 20.8. The fourth-order valence-electron chi connectivity index (χ4n) is 1.96. The summed E-state index contributed by atoms with van der Waals surface area (Å²) < 4.78 is 28.3. The van der Waals surface area contributed by atoms with Gasteiger partial charge in [0.1, 0.15) is 11.4 Å². The number of carbonyl (C=O) groups is 1. The molecule has 0 aliphatic carbocycles. The summed E-state index contributed by atoms with van der Waals surface area (Å²) in [7, 11) is 0. The number of carbonyl (C=O) groups excluding carboxylic acids is 1. The van der Waals surface area contributed by atoms with Crippen molar-refractivity contribution >= 4 is 5.91 Å². The second-order valence-corrected chi connectivity index (χ2v) is 4.04. The van der Waals surface area contributed by atoms with Gasteiger partial charge in [0.2, 0.25) is 0 Å². The molecule has 1 amide bonds. The molecule has 2 aliphatic rings. The van der Waals surface area contributed by atoms with Gasteiger partial charge in [0.05, 0.1) is 0 Å². The molecule has 1 atom stereocenters. The van der Waals surface area contributed by atoms with Crippen molar-refractivity contribution in [2.75, 3.05) is 0 Å². The van der Waals surface area contributed by atoms with Crippen LogP contribution in [0.15, 0.2) is 48.3 Å². The summed E-state index contributed by atoms with van der Waals surface area (Å²) in [6, 6.07) is 6.42. The average Bonchev–Trinajstić information content (AvgIpc) is 3.00. The zero-order valence-electron chi connectivity index (χ0n) is 9.22. The molecule has 18 heavy (non-hydrogen) atoms. The third-order valence-electron chi connectivity index (χ3n) is 2.92. The van der Waals surface area contributed by atoms with Crippen LogP contribution in [0.3, 0.4) is 0 Å². The first-order valence-electron chi connectivity index (χ1n) is 5.43. The van der Waals surface area contributed by atoms with Crippen molar-refractivity contribution in [3.8, 4) is 5.75 Å². The van der Waals surface area contributed by atoms with Crippen molar-refractivity contribution < 1.29 is 18.3 Å². The Morgan fingerprint density at radius 1 is 1.22 bits per heavy atom. The summed E-state index contributed by atoms with van der Waals surface area (Å²) in [5.41, 5.74) is 1.62. The van der Waals surface area contributed by atoms with Crippen LogP contribution in [0.2, 0.25) is 0 Å². The smallest absolute Gasteiger partial charge is 0.387 e. The third kappa shape index (κ3) is 1.88. The van der Waals surface area contributed by atoms with Crippen LogP contribution in [0.5, 0.6) is 5.75 Å². The minimum absolute atomic E-state index is 0.00306. The number of amides is 1. The zero-order chi connectivity index (χ0) is 12.7. The molecular weight excluding hydrogens is 240 g/mol. The van der Waals surface area contributed by atoms with Gasteiger partial charge in [-0.05, 0) is 23.8 Å². The summed E-state index contributed by atoms with van der Waals surface area (Å²) >= 11 is 0. The Labute approximate surface area is 102 Å². The monoisotopic (exact) mass is 249 g/mol. The average molecular weight is 249 g/mol. The van der Waals surface area contributed by atoms with Gasteiger partial charge in [-0.15, -0.1) is 0 Å². The maximum Gasteiger partial charge on any atom is 0.387 e. The van der Waals surface area contributed by atoms with Gasteiger partial charge in [-0.3, -0.25) is 9.69 Å². The Balaban J connectivity index is 1.78. The molecule has 3 rings (SSSR count). The molecule has 0 aromatic heterocycles. The van der Waals surface area contributed by atoms with Crippen molar-refractivity contribution in [3.05, 3.63) is 53.9 Å². The summed E-state index contributed by atoms with van der Waals surface area (Å²) in [5.74, 6) is 0.153. The van der Waals surface area contributed by atoms with Crippen molar-refractivity contribution in [1.82, 2.24) is 4.90 Å². The first-order chi connectivity index (χ1) is 8.65. The number of hydrogen-bond acceptors (Lipinski definition) is 2. The number of alkyl halides is 2. The van der Waals surface area contributed by atoms with E-state index in [-0.39, 0.29) is 17.6 Å². The van der Waals surface area contributed by atoms with Gasteiger partial charge in [0, 0.05) is 12.1 Å². The molecule has 0 N–H and O–H groups in total. The molecule has 1 unspecified atom stereocenters. The molecule has 2 heterocycles. The second kappa shape index (κ2) is 3.94. The van der Waals surface area contributed by atoms with Crippen LogP contribution in [0, 0.1) is 0 Å². The lowest BCUT2D eigenvalue weighted by Gasteiger charge is -2.11. The number of ether oxygens (including phenoxy) is 1. The predicted octanol–water partition coefficient (Wildman–Crippen LogP) is 2.63. The Hall–Kier alpha value is -2.17. The quantitative estimate of drug-likeness (QED) is 0.770. The molecule has 5 heteroatoms. The van der Waals surface area contributed by atoms with Crippen molar-refractivity contribution in [1.29, 1.82) is 0 Å². The largest absolute Gasteiger partial charge is 0.435 e. The minimum Gasteiger partial charge on any atom is -0.435 e. The van der Waals surface area contributed by atoms with Gasteiger partial charge in [-0.25, -0.2) is 0 Å². The van der Waals surface area contributed by atoms with Crippen LogP contribution in [0.4, 0.5) is 8.78 Å². The first kappa shape index (κ1) is 11.0. The number of hydrogen-bond donors (Lipinski definition) is 0. The topological polar surface area (TPSA) is 29.3 Å². The molecule has 1 fully saturated rings. The Kier molecular flexibility index (Phi) is 2.40. The van der Waals surface area contributed by atoms with Crippen molar-refractivity contribution in [2.24, 2.45) is 0 Å². The fourth-order valence-corrected chi connectivity index (χ4v) is 1.96. The van der Waals surface area contributed by atoms with Crippen LogP contribution >= 0.6 is 0 Å². The van der Waals surface area contributed by atoms with Crippen LogP contribution in [-0.4, -0.2) is 17.4 Å². The highest BCUT2D eigenvalue weighted by molar-refractivity contribution is 6.11. The number of allylic oxidation sites excluding steroid dienone is 2. The molecule has 0 saturated carbocycles. The van der Waals surface area contributed by atoms with Crippen LogP contribution < -0.4 is 4.74 Å². The summed E-state index contributed by atoms with van der Waals surface area (Å²) in [5, 5.41) is 0. The number of benzene rings is 1. The van der Waals surface area contributed by atoms with E-state index in [9.17, 15) is 13.6 Å². The van der Waals surface area contributed by atoms with Gasteiger partial charge in [0.15, 0.2) is 0 Å². The number of rotatable bonds is 3. The lowest BCUT2D eigenvalue weighted by molar-refractivity contribution is -0.112. The molecule has 0 spiro atoms. The zero-order valence-corrected chi connectivity index (χ0v) is 9.22. The minimum atomic E-state index is -2.81. The van der Waals surface area contributed by atoms with Gasteiger partial charge >= 0.3 is 6.61 Å². The second-order valence-electron chi connectivity index (χ2n) is 4.04. The van der Waals surface area contributed by atoms with Crippen molar-refractivity contribution in [3.63, 3.8) is 0 Å². The number of fused-ring (bicyclic) bond motifs is 1. The van der Waals surface area contributed by atoms with E-state index in [4.69, 9.17) is 0 Å². The Morgan fingerprint density at radius 2 is 1.94 bits per heavy atom. The van der Waals surface area contributed by atoms with Gasteiger partial charge < -0.3 is 4.74 Å². The van der Waals surface area contributed by atoms with E-state index in [1.807, 2.05) is 12.2 Å². The van der Waals surface area contributed by atoms with E-state index < -0.39 is 6.61 Å². The first-order valence-corrected chi connectivity index (χ1v) is 5.43. The highest BCUT2D eigenvalue weighted by Gasteiger charge is 2.39. The molecule has 1 aromatic carbocycles. The maximum absolute atomic E-state index is 12.0. The Morgan fingerprint density at radius 3 is 2.56 bits per heavy atom. The van der Waals surface area contributed by atoms with Crippen LogP contribution in [0.25, 0.3) is 0 Å². The SMILES string of the molecule is O=C1C2=CC(c3ccc(OC(F)F)cc3)C=CN12. The van der Waals surface area contributed by atoms with E-state index in [0.717, 1.165) is 5.56 Å².